The number of nitrogens with one attached hydrogen (secondary N) is 2. The van der Waals surface area contributed by atoms with Gasteiger partial charge in [-0.3, -0.25) is 4.79 Å². The van der Waals surface area contributed by atoms with Gasteiger partial charge < -0.3 is 9.72 Å². The summed E-state index contributed by atoms with van der Waals surface area (Å²) < 4.78 is 5.94. The average molecular weight is 432 g/mol. The summed E-state index contributed by atoms with van der Waals surface area (Å²) in [5.74, 6) is 0.588. The molecule has 0 radical (unpaired) electrons. The molecule has 0 aliphatic heterocycles. The number of unbranched alkanes of at least 4 members (excludes halogenated alkanes) is 4. The Kier molecular flexibility index (Phi) is 7.59. The van der Waals surface area contributed by atoms with E-state index in [2.05, 4.69) is 22.4 Å². The largest absolute Gasteiger partial charge is 0.493 e. The SMILES string of the molecule is CCCCCCCOc1ccccc1/C=N\NC(=O)c1ccc2[nH]c3c(c2c1)CCCC3. The van der Waals surface area contributed by atoms with E-state index in [0.717, 1.165) is 41.5 Å². The third-order valence-corrected chi connectivity index (χ3v) is 6.15. The van der Waals surface area contributed by atoms with Crippen molar-refractivity contribution in [3.63, 3.8) is 0 Å². The van der Waals surface area contributed by atoms with Gasteiger partial charge in [0, 0.05) is 27.7 Å². The van der Waals surface area contributed by atoms with Crippen molar-refractivity contribution in [2.75, 3.05) is 6.61 Å². The van der Waals surface area contributed by atoms with E-state index in [4.69, 9.17) is 4.74 Å². The highest BCUT2D eigenvalue weighted by Crippen LogP contribution is 2.29. The van der Waals surface area contributed by atoms with Gasteiger partial charge in [-0.1, -0.05) is 44.7 Å². The molecule has 5 nitrogen and oxygen atoms in total. The molecule has 32 heavy (non-hydrogen) atoms. The van der Waals surface area contributed by atoms with E-state index in [1.807, 2.05) is 42.5 Å². The molecule has 3 aromatic rings. The standard InChI is InChI=1S/C27H33N3O2/c1-2-3-4-5-10-17-32-26-14-9-6-11-21(26)19-28-30-27(31)20-15-16-25-23(18-20)22-12-7-8-13-24(22)29-25/h6,9,11,14-16,18-19,29H,2-5,7-8,10,12-13,17H2,1H3,(H,30,31)/b28-19-. The second kappa shape index (κ2) is 11.0. The average Bonchev–Trinajstić information content (AvgIpc) is 3.20. The number of aromatic nitrogens is 1. The minimum absolute atomic E-state index is 0.205. The highest BCUT2D eigenvalue weighted by atomic mass is 16.5. The smallest absolute Gasteiger partial charge is 0.271 e. The van der Waals surface area contributed by atoms with Crippen molar-refractivity contribution in [1.29, 1.82) is 0 Å². The van der Waals surface area contributed by atoms with Gasteiger partial charge in [-0.25, -0.2) is 5.43 Å². The van der Waals surface area contributed by atoms with Gasteiger partial charge in [0.25, 0.3) is 5.91 Å². The summed E-state index contributed by atoms with van der Waals surface area (Å²) in [6.07, 6.45) is 12.3. The molecule has 5 heteroatoms. The highest BCUT2D eigenvalue weighted by molar-refractivity contribution is 5.99. The lowest BCUT2D eigenvalue weighted by atomic mass is 9.95. The molecule has 2 N–H and O–H groups in total. The molecule has 0 saturated carbocycles. The number of hydrogen-bond donors (Lipinski definition) is 2. The molecule has 1 aliphatic rings. The van der Waals surface area contributed by atoms with Crippen LogP contribution in [0.5, 0.6) is 5.75 Å². The Balaban J connectivity index is 1.36. The van der Waals surface area contributed by atoms with Gasteiger partial charge in [0.2, 0.25) is 0 Å². The lowest BCUT2D eigenvalue weighted by Crippen LogP contribution is -2.17. The minimum Gasteiger partial charge on any atom is -0.493 e. The van der Waals surface area contributed by atoms with Crippen molar-refractivity contribution >= 4 is 23.0 Å². The number of carbonyl (C=O) groups excluding carboxylic acids is 1. The first kappa shape index (κ1) is 22.1. The zero-order chi connectivity index (χ0) is 22.2. The molecule has 0 fully saturated rings. The Morgan fingerprint density at radius 3 is 2.84 bits per heavy atom. The fourth-order valence-electron chi connectivity index (χ4n) is 4.38. The number of rotatable bonds is 10. The Hall–Kier alpha value is -3.08. The van der Waals surface area contributed by atoms with Gasteiger partial charge in [-0.05, 0) is 68.0 Å². The monoisotopic (exact) mass is 431 g/mol. The van der Waals surface area contributed by atoms with Crippen LogP contribution in [-0.2, 0) is 12.8 Å². The number of para-hydroxylation sites is 1. The van der Waals surface area contributed by atoms with Crippen LogP contribution in [0.25, 0.3) is 10.9 Å². The maximum atomic E-state index is 12.7. The summed E-state index contributed by atoms with van der Waals surface area (Å²) >= 11 is 0. The molecular weight excluding hydrogens is 398 g/mol. The van der Waals surface area contributed by atoms with Gasteiger partial charge in [-0.2, -0.15) is 5.10 Å². The fraction of sp³-hybridized carbons (Fsp3) is 0.407. The molecular formula is C27H33N3O2. The number of hydrazone groups is 1. The van der Waals surface area contributed by atoms with Crippen LogP contribution < -0.4 is 10.2 Å². The molecule has 1 amide bonds. The number of ether oxygens (including phenoxy) is 1. The first-order valence-electron chi connectivity index (χ1n) is 11.9. The van der Waals surface area contributed by atoms with Crippen LogP contribution in [0.3, 0.4) is 0 Å². The molecule has 4 rings (SSSR count). The fourth-order valence-corrected chi connectivity index (χ4v) is 4.38. The number of aryl methyl sites for hydroxylation is 2. The van der Waals surface area contributed by atoms with Crippen molar-refractivity contribution in [3.8, 4) is 5.75 Å². The van der Waals surface area contributed by atoms with E-state index in [0.29, 0.717) is 12.2 Å². The van der Waals surface area contributed by atoms with Crippen LogP contribution in [0.4, 0.5) is 0 Å². The van der Waals surface area contributed by atoms with Gasteiger partial charge in [0.1, 0.15) is 5.75 Å². The third-order valence-electron chi connectivity index (χ3n) is 6.15. The lowest BCUT2D eigenvalue weighted by molar-refractivity contribution is 0.0955. The molecule has 0 spiro atoms. The Labute approximate surface area is 190 Å². The van der Waals surface area contributed by atoms with E-state index in [1.165, 1.54) is 49.8 Å². The predicted molar refractivity (Wildman–Crippen MR) is 131 cm³/mol. The summed E-state index contributed by atoms with van der Waals surface area (Å²) in [5, 5.41) is 5.35. The van der Waals surface area contributed by atoms with Crippen molar-refractivity contribution in [2.24, 2.45) is 5.10 Å². The molecule has 2 aromatic carbocycles. The van der Waals surface area contributed by atoms with Crippen LogP contribution in [0.2, 0.25) is 0 Å². The third kappa shape index (κ3) is 5.39. The second-order valence-corrected chi connectivity index (χ2v) is 8.55. The predicted octanol–water partition coefficient (Wildman–Crippen LogP) is 6.16. The summed E-state index contributed by atoms with van der Waals surface area (Å²) in [4.78, 5) is 16.2. The molecule has 1 aromatic heterocycles. The van der Waals surface area contributed by atoms with E-state index < -0.39 is 0 Å². The normalized spacial score (nSPS) is 13.4. The maximum absolute atomic E-state index is 12.7. The molecule has 0 bridgehead atoms. The van der Waals surface area contributed by atoms with Crippen molar-refractivity contribution < 1.29 is 9.53 Å². The second-order valence-electron chi connectivity index (χ2n) is 8.55. The van der Waals surface area contributed by atoms with Crippen LogP contribution in [0, 0.1) is 0 Å². The van der Waals surface area contributed by atoms with Gasteiger partial charge >= 0.3 is 0 Å². The number of aromatic amines is 1. The Bertz CT molecular complexity index is 1080. The van der Waals surface area contributed by atoms with E-state index in [-0.39, 0.29) is 5.91 Å². The van der Waals surface area contributed by atoms with Crippen LogP contribution in [0.1, 0.15) is 79.0 Å². The topological polar surface area (TPSA) is 66.5 Å². The highest BCUT2D eigenvalue weighted by Gasteiger charge is 2.16. The Morgan fingerprint density at radius 1 is 1.09 bits per heavy atom. The van der Waals surface area contributed by atoms with Crippen LogP contribution in [-0.4, -0.2) is 23.7 Å². The summed E-state index contributed by atoms with van der Waals surface area (Å²) in [6, 6.07) is 13.6. The molecule has 0 atom stereocenters. The number of carbonyl (C=O) groups is 1. The number of benzene rings is 2. The first-order valence-corrected chi connectivity index (χ1v) is 11.9. The molecule has 0 unspecified atom stereocenters. The van der Waals surface area contributed by atoms with Crippen molar-refractivity contribution in [2.45, 2.75) is 64.7 Å². The first-order chi connectivity index (χ1) is 15.8. The quantitative estimate of drug-likeness (QED) is 0.229. The lowest BCUT2D eigenvalue weighted by Gasteiger charge is -2.10. The molecule has 168 valence electrons. The number of fused-ring (bicyclic) bond motifs is 3. The van der Waals surface area contributed by atoms with Crippen molar-refractivity contribution in [1.82, 2.24) is 10.4 Å². The molecule has 0 saturated heterocycles. The van der Waals surface area contributed by atoms with Gasteiger partial charge in [0.05, 0.1) is 12.8 Å². The molecule has 1 aliphatic carbocycles. The summed E-state index contributed by atoms with van der Waals surface area (Å²) in [6.45, 7) is 2.92. The van der Waals surface area contributed by atoms with E-state index >= 15 is 0 Å². The maximum Gasteiger partial charge on any atom is 0.271 e. The minimum atomic E-state index is -0.205. The number of hydrogen-bond acceptors (Lipinski definition) is 3. The zero-order valence-corrected chi connectivity index (χ0v) is 19.0. The Morgan fingerprint density at radius 2 is 1.94 bits per heavy atom. The number of H-pyrrole nitrogens is 1. The summed E-state index contributed by atoms with van der Waals surface area (Å²) in [7, 11) is 0. The van der Waals surface area contributed by atoms with Crippen LogP contribution >= 0.6 is 0 Å². The number of nitrogens with zero attached hydrogens (tertiary/aromatic N) is 1. The van der Waals surface area contributed by atoms with E-state index in [9.17, 15) is 4.79 Å². The van der Waals surface area contributed by atoms with Gasteiger partial charge in [0.15, 0.2) is 0 Å². The van der Waals surface area contributed by atoms with Crippen LogP contribution in [0.15, 0.2) is 47.6 Å². The number of amides is 1. The summed E-state index contributed by atoms with van der Waals surface area (Å²) in [5.41, 5.74) is 7.95. The molecule has 1 heterocycles. The van der Waals surface area contributed by atoms with E-state index in [1.54, 1.807) is 6.21 Å². The van der Waals surface area contributed by atoms with Crippen molar-refractivity contribution in [3.05, 3.63) is 64.8 Å². The zero-order valence-electron chi connectivity index (χ0n) is 19.0. The van der Waals surface area contributed by atoms with Gasteiger partial charge in [-0.15, -0.1) is 0 Å².